The van der Waals surface area contributed by atoms with Crippen LogP contribution < -0.4 is 5.32 Å². The Morgan fingerprint density at radius 3 is 2.75 bits per heavy atom. The first-order valence-corrected chi connectivity index (χ1v) is 9.81. The van der Waals surface area contributed by atoms with Crippen LogP contribution in [0.1, 0.15) is 29.9 Å². The van der Waals surface area contributed by atoms with E-state index in [1.807, 2.05) is 5.32 Å². The summed E-state index contributed by atoms with van der Waals surface area (Å²) in [5.74, 6) is -4.59. The van der Waals surface area contributed by atoms with E-state index in [0.717, 1.165) is 6.07 Å². The normalized spacial score (nSPS) is 19.5. The predicted octanol–water partition coefficient (Wildman–Crippen LogP) is 3.92. The van der Waals surface area contributed by atoms with Crippen LogP contribution >= 0.6 is 0 Å². The van der Waals surface area contributed by atoms with E-state index in [4.69, 9.17) is 0 Å². The zero-order valence-electron chi connectivity index (χ0n) is 16.9. The second kappa shape index (κ2) is 7.97. The number of hydrogen-bond acceptors (Lipinski definition) is 5. The fourth-order valence-electron chi connectivity index (χ4n) is 4.03. The number of nitrogens with one attached hydrogen (secondary N) is 1. The molecule has 7 nitrogen and oxygen atoms in total. The SMILES string of the molecule is Cc1cc(NC(=O)C2=C(O)[C@@H]3CCCN3N(Cc3cccc(F)c3)C2=O)c(C(F)(F)F)o1. The molecule has 0 bridgehead atoms. The number of aliphatic hydroxyl groups is 1. The van der Waals surface area contributed by atoms with E-state index in [1.54, 1.807) is 11.1 Å². The number of aryl methyl sites for hydroxylation is 1. The van der Waals surface area contributed by atoms with Gasteiger partial charge in [-0.05, 0) is 37.5 Å². The largest absolute Gasteiger partial charge is 0.510 e. The number of hydrogen-bond donors (Lipinski definition) is 2. The van der Waals surface area contributed by atoms with Gasteiger partial charge in [0.25, 0.3) is 11.8 Å². The summed E-state index contributed by atoms with van der Waals surface area (Å²) >= 11 is 0. The van der Waals surface area contributed by atoms with Crippen molar-refractivity contribution in [2.75, 3.05) is 11.9 Å². The van der Waals surface area contributed by atoms with Crippen LogP contribution in [0, 0.1) is 12.7 Å². The third kappa shape index (κ3) is 3.95. The zero-order chi connectivity index (χ0) is 23.2. The van der Waals surface area contributed by atoms with Crippen LogP contribution in [0.15, 0.2) is 46.1 Å². The monoisotopic (exact) mass is 453 g/mol. The van der Waals surface area contributed by atoms with Gasteiger partial charge in [-0.3, -0.25) is 14.6 Å². The number of hydrazine groups is 1. The predicted molar refractivity (Wildman–Crippen MR) is 103 cm³/mol. The standard InChI is InChI=1S/C21H19F4N3O4/c1-11-8-14(18(32-11)21(23,24)25)26-19(30)16-17(29)15-6-3-7-27(15)28(20(16)31)10-12-4-2-5-13(22)9-12/h2,4-5,8-9,15,29H,3,6-7,10H2,1H3,(H,26,30)/t15-/m0/s1. The van der Waals surface area contributed by atoms with E-state index in [0.29, 0.717) is 24.9 Å². The third-order valence-electron chi connectivity index (χ3n) is 5.36. The lowest BCUT2D eigenvalue weighted by Gasteiger charge is -2.40. The summed E-state index contributed by atoms with van der Waals surface area (Å²) in [6.45, 7) is 1.63. The summed E-state index contributed by atoms with van der Waals surface area (Å²) < 4.78 is 57.9. The van der Waals surface area contributed by atoms with Gasteiger partial charge in [0.05, 0.1) is 18.3 Å². The van der Waals surface area contributed by atoms with E-state index in [-0.39, 0.29) is 12.3 Å². The summed E-state index contributed by atoms with van der Waals surface area (Å²) in [6.07, 6.45) is -3.81. The molecule has 11 heteroatoms. The van der Waals surface area contributed by atoms with Gasteiger partial charge < -0.3 is 14.8 Å². The van der Waals surface area contributed by atoms with Crippen LogP contribution in [-0.4, -0.2) is 39.5 Å². The van der Waals surface area contributed by atoms with Gasteiger partial charge >= 0.3 is 6.18 Å². The number of nitrogens with zero attached hydrogens (tertiary/aromatic N) is 2. The third-order valence-corrected chi connectivity index (χ3v) is 5.36. The lowest BCUT2D eigenvalue weighted by molar-refractivity contribution is -0.152. The van der Waals surface area contributed by atoms with Crippen molar-refractivity contribution >= 4 is 17.5 Å². The minimum Gasteiger partial charge on any atom is -0.510 e. The summed E-state index contributed by atoms with van der Waals surface area (Å²) in [5, 5.41) is 15.5. The van der Waals surface area contributed by atoms with E-state index in [9.17, 15) is 32.3 Å². The highest BCUT2D eigenvalue weighted by Gasteiger charge is 2.46. The van der Waals surface area contributed by atoms with Crippen molar-refractivity contribution in [2.45, 2.75) is 38.5 Å². The van der Waals surface area contributed by atoms with Gasteiger partial charge in [0.15, 0.2) is 0 Å². The number of carbonyl (C=O) groups excluding carboxylic acids is 2. The Bertz CT molecular complexity index is 1110. The smallest absolute Gasteiger partial charge is 0.451 e. The van der Waals surface area contributed by atoms with Crippen LogP contribution in [0.2, 0.25) is 0 Å². The van der Waals surface area contributed by atoms with E-state index in [1.165, 1.54) is 30.1 Å². The lowest BCUT2D eigenvalue weighted by Crippen LogP contribution is -2.55. The van der Waals surface area contributed by atoms with Gasteiger partial charge in [-0.2, -0.15) is 13.2 Å². The summed E-state index contributed by atoms with van der Waals surface area (Å²) in [6, 6.07) is 5.86. The van der Waals surface area contributed by atoms with Crippen molar-refractivity contribution in [3.63, 3.8) is 0 Å². The average Bonchev–Trinajstić information content (AvgIpc) is 3.32. The van der Waals surface area contributed by atoms with Gasteiger partial charge in [-0.15, -0.1) is 0 Å². The van der Waals surface area contributed by atoms with Gasteiger partial charge in [0, 0.05) is 12.6 Å². The molecular weight excluding hydrogens is 434 g/mol. The van der Waals surface area contributed by atoms with Crippen molar-refractivity contribution in [1.82, 2.24) is 10.0 Å². The Morgan fingerprint density at radius 2 is 2.06 bits per heavy atom. The van der Waals surface area contributed by atoms with Crippen LogP contribution in [0.3, 0.4) is 0 Å². The number of halogens is 4. The molecule has 2 amide bonds. The minimum atomic E-state index is -4.87. The van der Waals surface area contributed by atoms with Crippen molar-refractivity contribution in [1.29, 1.82) is 0 Å². The number of fused-ring (bicyclic) bond motifs is 1. The number of amides is 2. The van der Waals surface area contributed by atoms with Gasteiger partial charge in [-0.1, -0.05) is 12.1 Å². The second-order valence-electron chi connectivity index (χ2n) is 7.63. The molecule has 2 aliphatic heterocycles. The van der Waals surface area contributed by atoms with Crippen molar-refractivity contribution < 1.29 is 36.7 Å². The first-order valence-electron chi connectivity index (χ1n) is 9.81. The van der Waals surface area contributed by atoms with Crippen LogP contribution in [-0.2, 0) is 22.3 Å². The maximum absolute atomic E-state index is 13.6. The Kier molecular flexibility index (Phi) is 5.45. The topological polar surface area (TPSA) is 86.0 Å². The molecule has 1 fully saturated rings. The molecule has 3 heterocycles. The lowest BCUT2D eigenvalue weighted by atomic mass is 10.0. The first-order chi connectivity index (χ1) is 15.1. The average molecular weight is 453 g/mol. The maximum atomic E-state index is 13.6. The molecule has 2 N–H and O–H groups in total. The quantitative estimate of drug-likeness (QED) is 0.542. The number of benzene rings is 1. The Morgan fingerprint density at radius 1 is 1.31 bits per heavy atom. The number of alkyl halides is 3. The molecule has 1 aromatic carbocycles. The van der Waals surface area contributed by atoms with Gasteiger partial charge in [0.2, 0.25) is 5.76 Å². The molecule has 1 aromatic heterocycles. The molecule has 2 aliphatic rings. The molecule has 32 heavy (non-hydrogen) atoms. The Labute approximate surface area is 179 Å². The highest BCUT2D eigenvalue weighted by atomic mass is 19.4. The van der Waals surface area contributed by atoms with Crippen LogP contribution in [0.4, 0.5) is 23.2 Å². The molecular formula is C21H19F4N3O4. The molecule has 0 aliphatic carbocycles. The van der Waals surface area contributed by atoms with E-state index >= 15 is 0 Å². The number of carbonyl (C=O) groups is 2. The highest BCUT2D eigenvalue weighted by Crippen LogP contribution is 2.38. The Balaban J connectivity index is 1.66. The molecule has 0 unspecified atom stereocenters. The zero-order valence-corrected chi connectivity index (χ0v) is 16.9. The maximum Gasteiger partial charge on any atom is 0.451 e. The molecule has 1 atom stereocenters. The molecule has 170 valence electrons. The van der Waals surface area contributed by atoms with Crippen molar-refractivity contribution in [3.05, 3.63) is 64.6 Å². The second-order valence-corrected chi connectivity index (χ2v) is 7.63. The number of aliphatic hydroxyl groups excluding tert-OH is 1. The summed E-state index contributed by atoms with van der Waals surface area (Å²) in [4.78, 5) is 26.0. The molecule has 1 saturated heterocycles. The van der Waals surface area contributed by atoms with Crippen molar-refractivity contribution in [3.8, 4) is 0 Å². The van der Waals surface area contributed by atoms with Crippen LogP contribution in [0.25, 0.3) is 0 Å². The highest BCUT2D eigenvalue weighted by molar-refractivity contribution is 6.23. The summed E-state index contributed by atoms with van der Waals surface area (Å²) in [5.41, 5.74) is -0.856. The molecule has 2 aromatic rings. The first kappa shape index (κ1) is 21.9. The molecule has 4 rings (SSSR count). The minimum absolute atomic E-state index is 0.0736. The van der Waals surface area contributed by atoms with Crippen molar-refractivity contribution in [2.24, 2.45) is 0 Å². The number of anilines is 1. The van der Waals surface area contributed by atoms with Gasteiger partial charge in [0.1, 0.15) is 22.9 Å². The molecule has 0 saturated carbocycles. The van der Waals surface area contributed by atoms with E-state index < -0.39 is 52.6 Å². The fraction of sp³-hybridized carbons (Fsp3) is 0.333. The summed E-state index contributed by atoms with van der Waals surface area (Å²) in [7, 11) is 0. The number of rotatable bonds is 4. The Hall–Kier alpha value is -3.34. The fourth-order valence-corrected chi connectivity index (χ4v) is 4.03. The number of furan rings is 1. The van der Waals surface area contributed by atoms with E-state index in [2.05, 4.69) is 4.42 Å². The molecule has 0 radical (unpaired) electrons. The molecule has 0 spiro atoms. The van der Waals surface area contributed by atoms with Crippen LogP contribution in [0.5, 0.6) is 0 Å². The van der Waals surface area contributed by atoms with Gasteiger partial charge in [-0.25, -0.2) is 9.40 Å².